The van der Waals surface area contributed by atoms with Crippen molar-refractivity contribution in [1.29, 1.82) is 0 Å². The van der Waals surface area contributed by atoms with Crippen molar-refractivity contribution in [3.8, 4) is 5.75 Å². The minimum Gasteiger partial charge on any atom is -0.490 e. The molecule has 1 amide bonds. The normalized spacial score (nSPS) is 33.8. The molecule has 2 heterocycles. The molecule has 8 heteroatoms. The summed E-state index contributed by atoms with van der Waals surface area (Å²) in [5.41, 5.74) is 3.84. The van der Waals surface area contributed by atoms with Crippen molar-refractivity contribution < 1.29 is 18.5 Å². The monoisotopic (exact) mass is 610 g/mol. The van der Waals surface area contributed by atoms with Crippen LogP contribution in [-0.4, -0.2) is 54.1 Å². The molecule has 2 aromatic carbocycles. The molecule has 6 atom stereocenters. The Hall–Kier alpha value is -2.48. The Morgan fingerprint density at radius 3 is 2.83 bits per heavy atom. The summed E-state index contributed by atoms with van der Waals surface area (Å²) < 4.78 is 29.1. The number of allylic oxidation sites excluding steroid dienone is 1. The van der Waals surface area contributed by atoms with Crippen molar-refractivity contribution in [3.63, 3.8) is 0 Å². The quantitative estimate of drug-likeness (QED) is 0.317. The van der Waals surface area contributed by atoms with Gasteiger partial charge >= 0.3 is 0 Å². The number of rotatable bonds is 2. The second-order valence-corrected chi connectivity index (χ2v) is 15.4. The maximum Gasteiger partial charge on any atom is 0.262 e. The predicted octanol–water partition coefficient (Wildman–Crippen LogP) is 6.34. The van der Waals surface area contributed by atoms with Crippen molar-refractivity contribution in [1.82, 2.24) is 4.72 Å². The number of hydrogen-bond acceptors (Lipinski definition) is 5. The highest BCUT2D eigenvalue weighted by atomic mass is 35.5. The zero-order chi connectivity index (χ0) is 29.5. The lowest BCUT2D eigenvalue weighted by atomic mass is 9.68. The molecule has 226 valence electrons. The lowest BCUT2D eigenvalue weighted by molar-refractivity contribution is 0.0132. The van der Waals surface area contributed by atoms with Crippen LogP contribution >= 0.6 is 11.6 Å². The molecular formula is C34H43ClN2O4S. The largest absolute Gasteiger partial charge is 0.490 e. The molecule has 2 aliphatic carbocycles. The molecule has 6 nitrogen and oxygen atoms in total. The Kier molecular flexibility index (Phi) is 8.38. The van der Waals surface area contributed by atoms with Crippen LogP contribution in [0.5, 0.6) is 5.75 Å². The molecule has 1 fully saturated rings. The van der Waals surface area contributed by atoms with E-state index in [-0.39, 0.29) is 22.7 Å². The third kappa shape index (κ3) is 5.60. The maximum atomic E-state index is 13.7. The predicted molar refractivity (Wildman–Crippen MR) is 172 cm³/mol. The van der Waals surface area contributed by atoms with Gasteiger partial charge in [-0.3, -0.25) is 9.52 Å². The van der Waals surface area contributed by atoms with Crippen LogP contribution in [-0.2, 0) is 26.3 Å². The number of amides is 1. The van der Waals surface area contributed by atoms with E-state index in [0.29, 0.717) is 36.8 Å². The number of anilines is 1. The van der Waals surface area contributed by atoms with Crippen LogP contribution in [0.2, 0.25) is 5.02 Å². The summed E-state index contributed by atoms with van der Waals surface area (Å²) in [5, 5.41) is 0.560. The van der Waals surface area contributed by atoms with E-state index in [1.54, 1.807) is 13.2 Å². The first kappa shape index (κ1) is 29.6. The van der Waals surface area contributed by atoms with Gasteiger partial charge in [0.1, 0.15) is 5.75 Å². The van der Waals surface area contributed by atoms with Crippen molar-refractivity contribution in [2.75, 3.05) is 31.7 Å². The summed E-state index contributed by atoms with van der Waals surface area (Å²) >= 11 is 6.42. The molecule has 1 N–H and O–H groups in total. The molecule has 42 heavy (non-hydrogen) atoms. The first-order valence-electron chi connectivity index (χ1n) is 15.4. The molecule has 0 aromatic heterocycles. The Morgan fingerprint density at radius 2 is 2.07 bits per heavy atom. The average Bonchev–Trinajstić information content (AvgIpc) is 3.10. The first-order valence-corrected chi connectivity index (χ1v) is 17.6. The van der Waals surface area contributed by atoms with E-state index in [9.17, 15) is 9.00 Å². The summed E-state index contributed by atoms with van der Waals surface area (Å²) in [6.07, 6.45) is 11.9. The van der Waals surface area contributed by atoms with E-state index in [0.717, 1.165) is 68.1 Å². The molecule has 0 radical (unpaired) electrons. The summed E-state index contributed by atoms with van der Waals surface area (Å²) in [6, 6.07) is 11.9. The van der Waals surface area contributed by atoms with Crippen LogP contribution in [0.25, 0.3) is 0 Å². The lowest BCUT2D eigenvalue weighted by Crippen LogP contribution is -2.49. The lowest BCUT2D eigenvalue weighted by Gasteiger charge is -2.46. The van der Waals surface area contributed by atoms with Gasteiger partial charge in [0.25, 0.3) is 5.91 Å². The van der Waals surface area contributed by atoms with Crippen molar-refractivity contribution in [2.24, 2.45) is 11.8 Å². The molecule has 4 aliphatic rings. The standard InChI is InChI=1S/C34H43ClN2O4S/c1-4-27-9-5-6-10-31(40-2)28-14-11-25(28)20-37-21-34(17-7-8-23-18-26(35)13-15-29(23)34)22-41-32-16-12-24(19-30(32)37)33(38)36-42(27,3)39/h6,10,12-13,15-16,18-19,25,27-28,31H,3-5,7-9,11,14,17,20-22H2,1-2H3,(H,36,38,39)/b10-6+/t25-,27+,28+,31-,34-,42?/m0/s1. The number of hydrogen-bond donors (Lipinski definition) is 1. The topological polar surface area (TPSA) is 67.9 Å². The van der Waals surface area contributed by atoms with E-state index >= 15 is 0 Å². The highest BCUT2D eigenvalue weighted by Crippen LogP contribution is 2.47. The van der Waals surface area contributed by atoms with Crippen LogP contribution in [0.1, 0.15) is 73.4 Å². The summed E-state index contributed by atoms with van der Waals surface area (Å²) in [6.45, 7) is 4.22. The first-order chi connectivity index (χ1) is 20.2. The van der Waals surface area contributed by atoms with Crippen molar-refractivity contribution in [2.45, 2.75) is 75.1 Å². The number of carbonyl (C=O) groups excluding carboxylic acids is 1. The van der Waals surface area contributed by atoms with Crippen LogP contribution in [0.4, 0.5) is 5.69 Å². The molecule has 0 saturated heterocycles. The molecule has 2 aliphatic heterocycles. The van der Waals surface area contributed by atoms with Crippen LogP contribution < -0.4 is 14.4 Å². The second-order valence-electron chi connectivity index (χ2n) is 12.7. The van der Waals surface area contributed by atoms with E-state index in [1.165, 1.54) is 11.1 Å². The van der Waals surface area contributed by atoms with Crippen LogP contribution in [0.15, 0.2) is 48.6 Å². The zero-order valence-electron chi connectivity index (χ0n) is 24.8. The molecule has 2 aromatic rings. The average molecular weight is 611 g/mol. The Bertz CT molecular complexity index is 1470. The van der Waals surface area contributed by atoms with Gasteiger partial charge in [-0.2, -0.15) is 0 Å². The number of nitrogens with one attached hydrogen (secondary N) is 1. The third-order valence-corrected chi connectivity index (χ3v) is 12.6. The van der Waals surface area contributed by atoms with Gasteiger partial charge in [-0.05, 0) is 111 Å². The fourth-order valence-electron chi connectivity index (χ4n) is 7.66. The number of ether oxygens (including phenoxy) is 2. The molecule has 6 rings (SSSR count). The third-order valence-electron chi connectivity index (χ3n) is 10.2. The van der Waals surface area contributed by atoms with Crippen molar-refractivity contribution >= 4 is 38.8 Å². The highest BCUT2D eigenvalue weighted by Gasteiger charge is 2.44. The second kappa shape index (κ2) is 11.9. The van der Waals surface area contributed by atoms with Crippen LogP contribution in [0, 0.1) is 11.8 Å². The number of carbonyl (C=O) groups is 1. The van der Waals surface area contributed by atoms with Gasteiger partial charge in [0.05, 0.1) is 28.1 Å². The number of nitrogens with zero attached hydrogens (tertiary/aromatic N) is 1. The fourth-order valence-corrected chi connectivity index (χ4v) is 9.51. The highest BCUT2D eigenvalue weighted by molar-refractivity contribution is 7.99. The minimum absolute atomic E-state index is 0.0427. The minimum atomic E-state index is -2.85. The molecule has 1 saturated carbocycles. The van der Waals surface area contributed by atoms with E-state index in [1.807, 2.05) is 25.1 Å². The SMILES string of the molecule is C=S1(=O)NC(=O)c2ccc3c(c2)N(C[C@@H]2CC[C@H]2[C@@H](OC)/C=C/CC[C@H]1CC)C[C@@]1(CCCc2cc(Cl)ccc21)CO3. The number of benzene rings is 2. The van der Waals surface area contributed by atoms with Gasteiger partial charge < -0.3 is 14.4 Å². The molecule has 2 bridgehead atoms. The summed E-state index contributed by atoms with van der Waals surface area (Å²) in [4.78, 5) is 16.0. The van der Waals surface area contributed by atoms with Crippen molar-refractivity contribution in [3.05, 3.63) is 70.3 Å². The number of halogens is 1. The van der Waals surface area contributed by atoms with E-state index in [4.69, 9.17) is 21.1 Å². The van der Waals surface area contributed by atoms with Gasteiger partial charge in [0, 0.05) is 41.5 Å². The van der Waals surface area contributed by atoms with Gasteiger partial charge in [0.2, 0.25) is 0 Å². The molecule has 1 unspecified atom stereocenters. The fraction of sp³-hybridized carbons (Fsp3) is 0.529. The van der Waals surface area contributed by atoms with E-state index in [2.05, 4.69) is 39.8 Å². The summed E-state index contributed by atoms with van der Waals surface area (Å²) in [5.74, 6) is 5.32. The summed E-state index contributed by atoms with van der Waals surface area (Å²) in [7, 11) is -1.05. The number of aryl methyl sites for hydroxylation is 1. The van der Waals surface area contributed by atoms with Crippen LogP contribution in [0.3, 0.4) is 0 Å². The Labute approximate surface area is 255 Å². The molecular weight excluding hydrogens is 568 g/mol. The van der Waals surface area contributed by atoms with Gasteiger partial charge in [-0.25, -0.2) is 4.21 Å². The molecule has 1 spiro atoms. The number of fused-ring (bicyclic) bond motifs is 4. The van der Waals surface area contributed by atoms with Gasteiger partial charge in [0.15, 0.2) is 0 Å². The van der Waals surface area contributed by atoms with Gasteiger partial charge in [-0.15, -0.1) is 0 Å². The Morgan fingerprint density at radius 1 is 1.21 bits per heavy atom. The number of methoxy groups -OCH3 is 1. The smallest absolute Gasteiger partial charge is 0.262 e. The van der Waals surface area contributed by atoms with Gasteiger partial charge in [-0.1, -0.05) is 36.7 Å². The zero-order valence-corrected chi connectivity index (χ0v) is 26.4. The Balaban J connectivity index is 1.42. The maximum absolute atomic E-state index is 13.7. The van der Waals surface area contributed by atoms with E-state index < -0.39 is 9.71 Å².